The summed E-state index contributed by atoms with van der Waals surface area (Å²) < 4.78 is 0. The summed E-state index contributed by atoms with van der Waals surface area (Å²) in [6, 6.07) is 5.78. The standard InChI is InChI=1S/C21H16N6O6/c28-11-16-18(30)14(9-24-26-20(32)12-1-5-22-6-2-12)17(29)15(19(16)31)10-25-27-21(33)13-3-7-23-8-4-13/h1-11,29-31H,(H,26,32)(H,27,33)/b24-9+,25-10+. The van der Waals surface area contributed by atoms with Crippen molar-refractivity contribution in [3.05, 3.63) is 76.9 Å². The van der Waals surface area contributed by atoms with Crippen molar-refractivity contribution in [2.45, 2.75) is 0 Å². The topological polar surface area (TPSA) is 186 Å². The smallest absolute Gasteiger partial charge is 0.271 e. The molecule has 0 aliphatic rings. The van der Waals surface area contributed by atoms with E-state index >= 15 is 0 Å². The number of aldehydes is 1. The molecule has 0 saturated heterocycles. The van der Waals surface area contributed by atoms with Crippen molar-refractivity contribution in [1.82, 2.24) is 20.8 Å². The summed E-state index contributed by atoms with van der Waals surface area (Å²) in [5, 5.41) is 38.2. The van der Waals surface area contributed by atoms with Crippen LogP contribution in [0.3, 0.4) is 0 Å². The Morgan fingerprint density at radius 2 is 1.06 bits per heavy atom. The van der Waals surface area contributed by atoms with Crippen LogP contribution in [0.25, 0.3) is 0 Å². The normalized spacial score (nSPS) is 10.9. The average molecular weight is 448 g/mol. The van der Waals surface area contributed by atoms with Gasteiger partial charge in [-0.25, -0.2) is 10.9 Å². The molecule has 12 nitrogen and oxygen atoms in total. The zero-order chi connectivity index (χ0) is 23.8. The number of nitrogens with one attached hydrogen (secondary N) is 2. The molecule has 2 amide bonds. The number of aromatic nitrogens is 2. The number of aromatic hydroxyl groups is 3. The number of phenols is 3. The van der Waals surface area contributed by atoms with Crippen LogP contribution in [-0.2, 0) is 0 Å². The maximum atomic E-state index is 12.0. The van der Waals surface area contributed by atoms with Crippen molar-refractivity contribution >= 4 is 30.5 Å². The highest BCUT2D eigenvalue weighted by molar-refractivity contribution is 6.03. The fraction of sp³-hybridized carbons (Fsp3) is 0. The van der Waals surface area contributed by atoms with Crippen molar-refractivity contribution in [1.29, 1.82) is 0 Å². The first-order valence-electron chi connectivity index (χ1n) is 9.17. The lowest BCUT2D eigenvalue weighted by Gasteiger charge is -2.11. The number of phenolic OH excluding ortho intramolecular Hbond substituents is 3. The molecular weight excluding hydrogens is 432 g/mol. The zero-order valence-electron chi connectivity index (χ0n) is 16.7. The molecule has 3 aromatic rings. The lowest BCUT2D eigenvalue weighted by molar-refractivity contribution is 0.0947. The van der Waals surface area contributed by atoms with E-state index in [1.54, 1.807) is 0 Å². The molecule has 0 aliphatic heterocycles. The molecular formula is C21H16N6O6. The number of hydrogen-bond acceptors (Lipinski definition) is 10. The third kappa shape index (κ3) is 5.14. The van der Waals surface area contributed by atoms with Crippen LogP contribution >= 0.6 is 0 Å². The summed E-state index contributed by atoms with van der Waals surface area (Å²) in [5.74, 6) is -3.45. The largest absolute Gasteiger partial charge is 0.506 e. The van der Waals surface area contributed by atoms with Crippen LogP contribution in [0, 0.1) is 0 Å². The van der Waals surface area contributed by atoms with E-state index in [9.17, 15) is 29.7 Å². The molecule has 5 N–H and O–H groups in total. The van der Waals surface area contributed by atoms with Crippen molar-refractivity contribution in [2.24, 2.45) is 10.2 Å². The second-order valence-electron chi connectivity index (χ2n) is 6.27. The van der Waals surface area contributed by atoms with Crippen LogP contribution in [0.5, 0.6) is 17.2 Å². The van der Waals surface area contributed by atoms with Gasteiger partial charge in [0.15, 0.2) is 6.29 Å². The van der Waals surface area contributed by atoms with Crippen LogP contribution in [0.15, 0.2) is 59.3 Å². The number of amides is 2. The Kier molecular flexibility index (Phi) is 7.01. The minimum absolute atomic E-state index is 0.157. The van der Waals surface area contributed by atoms with E-state index < -0.39 is 34.6 Å². The van der Waals surface area contributed by atoms with E-state index in [2.05, 4.69) is 31.0 Å². The lowest BCUT2D eigenvalue weighted by atomic mass is 10.0. The number of pyridine rings is 2. The van der Waals surface area contributed by atoms with Crippen LogP contribution in [-0.4, -0.2) is 55.8 Å². The van der Waals surface area contributed by atoms with Gasteiger partial charge in [-0.3, -0.25) is 24.4 Å². The second kappa shape index (κ2) is 10.3. The number of hydrazone groups is 2. The van der Waals surface area contributed by atoms with Gasteiger partial charge in [0, 0.05) is 35.9 Å². The number of rotatable bonds is 7. The molecule has 12 heteroatoms. The van der Waals surface area contributed by atoms with Gasteiger partial charge in [0.1, 0.15) is 17.2 Å². The Morgan fingerprint density at radius 1 is 0.697 bits per heavy atom. The van der Waals surface area contributed by atoms with Gasteiger partial charge in [0.2, 0.25) is 0 Å². The van der Waals surface area contributed by atoms with Crippen LogP contribution in [0.4, 0.5) is 0 Å². The third-order valence-electron chi connectivity index (χ3n) is 4.25. The number of carbonyl (C=O) groups is 3. The monoisotopic (exact) mass is 448 g/mol. The first kappa shape index (κ1) is 22.6. The van der Waals surface area contributed by atoms with Gasteiger partial charge in [0.05, 0.1) is 29.1 Å². The van der Waals surface area contributed by atoms with Crippen LogP contribution < -0.4 is 10.9 Å². The Hall–Kier alpha value is -5.13. The Labute approximate surface area is 186 Å². The minimum Gasteiger partial charge on any atom is -0.506 e. The summed E-state index contributed by atoms with van der Waals surface area (Å²) in [7, 11) is 0. The van der Waals surface area contributed by atoms with Gasteiger partial charge in [-0.15, -0.1) is 0 Å². The van der Waals surface area contributed by atoms with Crippen LogP contribution in [0.2, 0.25) is 0 Å². The van der Waals surface area contributed by atoms with Crippen molar-refractivity contribution in [2.75, 3.05) is 0 Å². The molecule has 0 atom stereocenters. The molecule has 2 aromatic heterocycles. The summed E-state index contributed by atoms with van der Waals surface area (Å²) in [6.07, 6.45) is 7.55. The van der Waals surface area contributed by atoms with E-state index in [1.165, 1.54) is 49.1 Å². The fourth-order valence-electron chi connectivity index (χ4n) is 2.57. The molecule has 0 bridgehead atoms. The van der Waals surface area contributed by atoms with Crippen molar-refractivity contribution < 1.29 is 29.7 Å². The summed E-state index contributed by atoms with van der Waals surface area (Å²) in [6.45, 7) is 0. The maximum absolute atomic E-state index is 12.0. The third-order valence-corrected chi connectivity index (χ3v) is 4.25. The summed E-state index contributed by atoms with van der Waals surface area (Å²) in [4.78, 5) is 43.0. The van der Waals surface area contributed by atoms with E-state index in [-0.39, 0.29) is 28.5 Å². The Morgan fingerprint density at radius 3 is 1.42 bits per heavy atom. The first-order valence-corrected chi connectivity index (χ1v) is 9.17. The van der Waals surface area contributed by atoms with E-state index in [0.717, 1.165) is 12.4 Å². The summed E-state index contributed by atoms with van der Waals surface area (Å²) in [5.41, 5.74) is 3.56. The maximum Gasteiger partial charge on any atom is 0.271 e. The Balaban J connectivity index is 1.85. The molecule has 0 radical (unpaired) electrons. The molecule has 3 rings (SSSR count). The lowest BCUT2D eigenvalue weighted by Crippen LogP contribution is -2.18. The van der Waals surface area contributed by atoms with Gasteiger partial charge in [-0.05, 0) is 24.3 Å². The molecule has 0 fully saturated rings. The van der Waals surface area contributed by atoms with Crippen molar-refractivity contribution in [3.63, 3.8) is 0 Å². The predicted octanol–water partition coefficient (Wildman–Crippen LogP) is 0.934. The van der Waals surface area contributed by atoms with Crippen molar-refractivity contribution in [3.8, 4) is 17.2 Å². The second-order valence-corrected chi connectivity index (χ2v) is 6.27. The molecule has 0 spiro atoms. The summed E-state index contributed by atoms with van der Waals surface area (Å²) >= 11 is 0. The van der Waals surface area contributed by atoms with E-state index in [0.29, 0.717) is 0 Å². The van der Waals surface area contributed by atoms with E-state index in [1.807, 2.05) is 0 Å². The molecule has 0 aliphatic carbocycles. The fourth-order valence-corrected chi connectivity index (χ4v) is 2.57. The van der Waals surface area contributed by atoms with Gasteiger partial charge < -0.3 is 15.3 Å². The number of hydrogen-bond donors (Lipinski definition) is 5. The van der Waals surface area contributed by atoms with Gasteiger partial charge in [0.25, 0.3) is 11.8 Å². The first-order chi connectivity index (χ1) is 15.9. The molecule has 1 aromatic carbocycles. The minimum atomic E-state index is -0.778. The highest BCUT2D eigenvalue weighted by Gasteiger charge is 2.22. The zero-order valence-corrected chi connectivity index (χ0v) is 16.7. The quantitative estimate of drug-likeness (QED) is 0.201. The molecule has 0 saturated carbocycles. The SMILES string of the molecule is O=Cc1c(O)c(/C=N/NC(=O)c2ccncc2)c(O)c(/C=N/NC(=O)c2ccncc2)c1O. The molecule has 166 valence electrons. The van der Waals surface area contributed by atoms with E-state index in [4.69, 9.17) is 0 Å². The highest BCUT2D eigenvalue weighted by atomic mass is 16.3. The average Bonchev–Trinajstić information content (AvgIpc) is 2.84. The molecule has 2 heterocycles. The predicted molar refractivity (Wildman–Crippen MR) is 115 cm³/mol. The van der Waals surface area contributed by atoms with Gasteiger partial charge in [-0.1, -0.05) is 0 Å². The Bertz CT molecular complexity index is 1150. The molecule has 33 heavy (non-hydrogen) atoms. The van der Waals surface area contributed by atoms with Gasteiger partial charge in [-0.2, -0.15) is 10.2 Å². The molecule has 0 unspecified atom stereocenters. The number of carbonyl (C=O) groups excluding carboxylic acids is 3. The highest BCUT2D eigenvalue weighted by Crippen LogP contribution is 2.39. The van der Waals surface area contributed by atoms with Gasteiger partial charge >= 0.3 is 0 Å². The number of nitrogens with zero attached hydrogens (tertiary/aromatic N) is 4. The number of benzene rings is 1. The van der Waals surface area contributed by atoms with Crippen LogP contribution in [0.1, 0.15) is 42.2 Å².